The Labute approximate surface area is 129 Å². The molecule has 0 saturated heterocycles. The highest BCUT2D eigenvalue weighted by molar-refractivity contribution is 6.18. The molecular weight excluding hydrogens is 282 g/mol. The van der Waals surface area contributed by atoms with Gasteiger partial charge in [-0.1, -0.05) is 37.5 Å². The maximum Gasteiger partial charge on any atom is 0.322 e. The number of benzene rings is 1. The van der Waals surface area contributed by atoms with E-state index in [2.05, 4.69) is 0 Å². The molecule has 5 heteroatoms. The molecule has 1 aromatic rings. The zero-order valence-corrected chi connectivity index (χ0v) is 12.6. The monoisotopic (exact) mass is 301 g/mol. The number of carbonyl (C=O) groups excluding carboxylic acids is 3. The van der Waals surface area contributed by atoms with Gasteiger partial charge in [-0.05, 0) is 24.5 Å². The quantitative estimate of drug-likeness (QED) is 0.477. The minimum absolute atomic E-state index is 0.103. The number of carbonyl (C=O) groups is 3. The van der Waals surface area contributed by atoms with E-state index < -0.39 is 17.8 Å². The molecule has 1 aromatic carbocycles. The Balaban J connectivity index is 2.05. The summed E-state index contributed by atoms with van der Waals surface area (Å²) in [7, 11) is 1.26. The van der Waals surface area contributed by atoms with Gasteiger partial charge in [0, 0.05) is 11.6 Å². The van der Waals surface area contributed by atoms with Crippen molar-refractivity contribution in [3.05, 3.63) is 35.4 Å². The number of rotatable bonds is 2. The molecule has 1 aliphatic carbocycles. The Bertz CT molecular complexity index is 619. The van der Waals surface area contributed by atoms with Crippen molar-refractivity contribution >= 4 is 17.8 Å². The SMILES string of the molecule is COC(=O)C1C(=O)N(C2CCCCC2)C(=O)c2ccccc21. The smallest absolute Gasteiger partial charge is 0.322 e. The van der Waals surface area contributed by atoms with E-state index in [9.17, 15) is 14.4 Å². The van der Waals surface area contributed by atoms with Gasteiger partial charge in [0.05, 0.1) is 7.11 Å². The molecule has 116 valence electrons. The van der Waals surface area contributed by atoms with E-state index in [0.717, 1.165) is 32.1 Å². The number of hydrogen-bond acceptors (Lipinski definition) is 4. The van der Waals surface area contributed by atoms with Crippen molar-refractivity contribution in [1.29, 1.82) is 0 Å². The first-order valence-corrected chi connectivity index (χ1v) is 7.69. The lowest BCUT2D eigenvalue weighted by atomic mass is 9.85. The Morgan fingerprint density at radius 3 is 2.50 bits per heavy atom. The van der Waals surface area contributed by atoms with Crippen LogP contribution in [0.25, 0.3) is 0 Å². The van der Waals surface area contributed by atoms with E-state index in [4.69, 9.17) is 4.74 Å². The van der Waals surface area contributed by atoms with Crippen LogP contribution >= 0.6 is 0 Å². The third-order valence-electron chi connectivity index (χ3n) is 4.58. The number of hydrogen-bond donors (Lipinski definition) is 0. The van der Waals surface area contributed by atoms with Crippen LogP contribution in [0.15, 0.2) is 24.3 Å². The largest absolute Gasteiger partial charge is 0.468 e. The van der Waals surface area contributed by atoms with E-state index in [1.807, 2.05) is 0 Å². The number of methoxy groups -OCH3 is 1. The molecule has 2 amide bonds. The van der Waals surface area contributed by atoms with Crippen molar-refractivity contribution in [2.45, 2.75) is 44.1 Å². The number of esters is 1. The molecule has 1 fully saturated rings. The third-order valence-corrected chi connectivity index (χ3v) is 4.58. The van der Waals surface area contributed by atoms with E-state index in [0.29, 0.717) is 11.1 Å². The highest BCUT2D eigenvalue weighted by atomic mass is 16.5. The maximum atomic E-state index is 12.8. The van der Waals surface area contributed by atoms with Gasteiger partial charge in [-0.15, -0.1) is 0 Å². The fourth-order valence-electron chi connectivity index (χ4n) is 3.48. The molecule has 0 aromatic heterocycles. The predicted octanol–water partition coefficient (Wildman–Crippen LogP) is 2.26. The van der Waals surface area contributed by atoms with Gasteiger partial charge in [0.15, 0.2) is 5.92 Å². The van der Waals surface area contributed by atoms with Gasteiger partial charge in [0.2, 0.25) is 5.91 Å². The number of ether oxygens (including phenoxy) is 1. The second-order valence-electron chi connectivity index (χ2n) is 5.85. The van der Waals surface area contributed by atoms with Crippen molar-refractivity contribution in [3.8, 4) is 0 Å². The zero-order valence-electron chi connectivity index (χ0n) is 12.6. The summed E-state index contributed by atoms with van der Waals surface area (Å²) in [4.78, 5) is 38.9. The van der Waals surface area contributed by atoms with E-state index in [-0.39, 0.29) is 11.9 Å². The fourth-order valence-corrected chi connectivity index (χ4v) is 3.48. The molecule has 22 heavy (non-hydrogen) atoms. The molecule has 0 N–H and O–H groups in total. The number of amides is 2. The van der Waals surface area contributed by atoms with Crippen LogP contribution in [0.5, 0.6) is 0 Å². The molecule has 1 aliphatic heterocycles. The highest BCUT2D eigenvalue weighted by Gasteiger charge is 2.45. The predicted molar refractivity (Wildman–Crippen MR) is 79.2 cm³/mol. The van der Waals surface area contributed by atoms with Crippen molar-refractivity contribution in [3.63, 3.8) is 0 Å². The summed E-state index contributed by atoms with van der Waals surface area (Å²) < 4.78 is 4.79. The molecule has 5 nitrogen and oxygen atoms in total. The summed E-state index contributed by atoms with van der Waals surface area (Å²) in [5, 5.41) is 0. The van der Waals surface area contributed by atoms with Gasteiger partial charge in [-0.3, -0.25) is 19.3 Å². The molecule has 1 unspecified atom stereocenters. The molecule has 1 saturated carbocycles. The first-order valence-electron chi connectivity index (χ1n) is 7.69. The molecule has 1 heterocycles. The molecule has 3 rings (SSSR count). The van der Waals surface area contributed by atoms with Crippen LogP contribution in [0.2, 0.25) is 0 Å². The summed E-state index contributed by atoms with van der Waals surface area (Å²) in [5.74, 6) is -2.36. The normalized spacial score (nSPS) is 22.4. The van der Waals surface area contributed by atoms with Gasteiger partial charge in [0.25, 0.3) is 5.91 Å². The van der Waals surface area contributed by atoms with Crippen molar-refractivity contribution < 1.29 is 19.1 Å². The average Bonchev–Trinajstić information content (AvgIpc) is 2.56. The van der Waals surface area contributed by atoms with Crippen LogP contribution in [0.3, 0.4) is 0 Å². The molecule has 0 radical (unpaired) electrons. The Kier molecular flexibility index (Phi) is 3.96. The lowest BCUT2D eigenvalue weighted by Gasteiger charge is -2.38. The van der Waals surface area contributed by atoms with Gasteiger partial charge >= 0.3 is 5.97 Å². The van der Waals surface area contributed by atoms with Crippen LogP contribution in [0.4, 0.5) is 0 Å². The lowest BCUT2D eigenvalue weighted by molar-refractivity contribution is -0.149. The summed E-state index contributed by atoms with van der Waals surface area (Å²) in [6.07, 6.45) is 4.77. The highest BCUT2D eigenvalue weighted by Crippen LogP contribution is 2.34. The van der Waals surface area contributed by atoms with Crippen LogP contribution in [0.1, 0.15) is 53.9 Å². The minimum atomic E-state index is -1.03. The molecule has 0 bridgehead atoms. The summed E-state index contributed by atoms with van der Waals surface area (Å²) in [6.45, 7) is 0. The first-order chi connectivity index (χ1) is 10.6. The van der Waals surface area contributed by atoms with Gasteiger partial charge in [-0.2, -0.15) is 0 Å². The topological polar surface area (TPSA) is 63.7 Å². The fraction of sp³-hybridized carbons (Fsp3) is 0.471. The van der Waals surface area contributed by atoms with Gasteiger partial charge in [0.1, 0.15) is 0 Å². The third kappa shape index (κ3) is 2.30. The molecule has 0 spiro atoms. The van der Waals surface area contributed by atoms with Crippen molar-refractivity contribution in [1.82, 2.24) is 4.90 Å². The van der Waals surface area contributed by atoms with Crippen LogP contribution in [-0.4, -0.2) is 35.8 Å². The van der Waals surface area contributed by atoms with Gasteiger partial charge in [-0.25, -0.2) is 0 Å². The summed E-state index contributed by atoms with van der Waals surface area (Å²) in [6, 6.07) is 6.71. The second-order valence-corrected chi connectivity index (χ2v) is 5.85. The van der Waals surface area contributed by atoms with Crippen LogP contribution in [0, 0.1) is 0 Å². The Hall–Kier alpha value is -2.17. The van der Waals surface area contributed by atoms with E-state index >= 15 is 0 Å². The summed E-state index contributed by atoms with van der Waals surface area (Å²) in [5.41, 5.74) is 0.888. The zero-order chi connectivity index (χ0) is 15.7. The number of fused-ring (bicyclic) bond motifs is 1. The van der Waals surface area contributed by atoms with Crippen molar-refractivity contribution in [2.75, 3.05) is 7.11 Å². The van der Waals surface area contributed by atoms with Crippen LogP contribution in [-0.2, 0) is 14.3 Å². The Morgan fingerprint density at radius 2 is 1.82 bits per heavy atom. The minimum Gasteiger partial charge on any atom is -0.468 e. The van der Waals surface area contributed by atoms with E-state index in [1.54, 1.807) is 24.3 Å². The standard InChI is InChI=1S/C17H19NO4/c1-22-17(21)14-12-9-5-6-10-13(12)15(19)18(16(14)20)11-7-3-2-4-8-11/h5-6,9-11,14H,2-4,7-8H2,1H3. The summed E-state index contributed by atoms with van der Waals surface area (Å²) >= 11 is 0. The van der Waals surface area contributed by atoms with Crippen LogP contribution < -0.4 is 0 Å². The maximum absolute atomic E-state index is 12.8. The van der Waals surface area contributed by atoms with Gasteiger partial charge < -0.3 is 4.74 Å². The Morgan fingerprint density at radius 1 is 1.14 bits per heavy atom. The van der Waals surface area contributed by atoms with E-state index in [1.165, 1.54) is 12.0 Å². The lowest BCUT2D eigenvalue weighted by Crippen LogP contribution is -2.52. The number of imide groups is 1. The molecule has 2 aliphatic rings. The molecular formula is C17H19NO4. The van der Waals surface area contributed by atoms with Crippen molar-refractivity contribution in [2.24, 2.45) is 0 Å². The number of nitrogens with zero attached hydrogens (tertiary/aromatic N) is 1. The second kappa shape index (κ2) is 5.91. The average molecular weight is 301 g/mol. The molecule has 1 atom stereocenters. The first kappa shape index (κ1) is 14.8.